The van der Waals surface area contributed by atoms with Crippen LogP contribution in [0.1, 0.15) is 21.7 Å². The summed E-state index contributed by atoms with van der Waals surface area (Å²) in [7, 11) is 0. The predicted molar refractivity (Wildman–Crippen MR) is 91.7 cm³/mol. The number of hydrogen-bond donors (Lipinski definition) is 2. The maximum absolute atomic E-state index is 11.9. The largest absolute Gasteiger partial charge is 0.452 e. The lowest BCUT2D eigenvalue weighted by Crippen LogP contribution is -2.28. The van der Waals surface area contributed by atoms with Crippen molar-refractivity contribution in [3.05, 3.63) is 52.2 Å². The van der Waals surface area contributed by atoms with Crippen molar-refractivity contribution in [2.45, 2.75) is 13.0 Å². The number of amides is 2. The number of nitrogens with one attached hydrogen (secondary N) is 2. The van der Waals surface area contributed by atoms with E-state index in [1.165, 1.54) is 35.6 Å². The second-order valence-corrected chi connectivity index (χ2v) is 5.92. The minimum atomic E-state index is -0.638. The fraction of sp³-hybridized carbons (Fsp3) is 0.176. The third-order valence-electron chi connectivity index (χ3n) is 3.02. The van der Waals surface area contributed by atoms with Gasteiger partial charge in [0.25, 0.3) is 5.91 Å². The highest BCUT2D eigenvalue weighted by Gasteiger charge is 2.10. The number of nitrogens with zero attached hydrogens (tertiary/aromatic N) is 1. The molecule has 25 heavy (non-hydrogen) atoms. The zero-order chi connectivity index (χ0) is 18.1. The maximum Gasteiger partial charge on any atom is 0.338 e. The highest BCUT2D eigenvalue weighted by Crippen LogP contribution is 2.11. The van der Waals surface area contributed by atoms with Crippen LogP contribution in [0.3, 0.4) is 0 Å². The molecule has 8 heteroatoms. The molecule has 0 spiro atoms. The summed E-state index contributed by atoms with van der Waals surface area (Å²) < 4.78 is 4.94. The summed E-state index contributed by atoms with van der Waals surface area (Å²) in [5.41, 5.74) is 0.717. The van der Waals surface area contributed by atoms with Crippen LogP contribution in [0.4, 0.5) is 5.69 Å². The van der Waals surface area contributed by atoms with Crippen LogP contribution in [0, 0.1) is 11.3 Å². The van der Waals surface area contributed by atoms with Gasteiger partial charge in [0.1, 0.15) is 6.42 Å². The van der Waals surface area contributed by atoms with Gasteiger partial charge >= 0.3 is 5.97 Å². The normalized spacial score (nSPS) is 9.72. The Morgan fingerprint density at radius 1 is 1.12 bits per heavy atom. The zero-order valence-corrected chi connectivity index (χ0v) is 14.0. The van der Waals surface area contributed by atoms with E-state index in [-0.39, 0.29) is 24.5 Å². The Morgan fingerprint density at radius 3 is 2.52 bits per heavy atom. The van der Waals surface area contributed by atoms with Crippen LogP contribution in [0.5, 0.6) is 0 Å². The van der Waals surface area contributed by atoms with Gasteiger partial charge in [-0.15, -0.1) is 11.3 Å². The Morgan fingerprint density at radius 2 is 1.88 bits per heavy atom. The van der Waals surface area contributed by atoms with Crippen molar-refractivity contribution in [2.75, 3.05) is 11.9 Å². The molecule has 2 rings (SSSR count). The van der Waals surface area contributed by atoms with Gasteiger partial charge in [-0.25, -0.2) is 4.79 Å². The molecule has 2 aromatic rings. The molecule has 1 aromatic carbocycles. The first kappa shape index (κ1) is 18.2. The first-order valence-corrected chi connectivity index (χ1v) is 8.19. The lowest BCUT2D eigenvalue weighted by Gasteiger charge is -2.07. The van der Waals surface area contributed by atoms with Crippen LogP contribution in [0.15, 0.2) is 41.8 Å². The molecule has 0 fully saturated rings. The summed E-state index contributed by atoms with van der Waals surface area (Å²) >= 11 is 1.52. The molecule has 0 aliphatic rings. The molecule has 0 atom stereocenters. The Labute approximate surface area is 148 Å². The molecule has 0 saturated carbocycles. The second-order valence-electron chi connectivity index (χ2n) is 4.89. The predicted octanol–water partition coefficient (Wildman–Crippen LogP) is 2.07. The monoisotopic (exact) mass is 357 g/mol. The first-order chi connectivity index (χ1) is 12.1. The summed E-state index contributed by atoms with van der Waals surface area (Å²) in [5.74, 6) is -1.46. The number of esters is 1. The second kappa shape index (κ2) is 9.20. The molecule has 0 saturated heterocycles. The number of anilines is 1. The third kappa shape index (κ3) is 6.08. The molecule has 1 aromatic heterocycles. The van der Waals surface area contributed by atoms with E-state index in [4.69, 9.17) is 10.00 Å². The van der Waals surface area contributed by atoms with Crippen molar-refractivity contribution in [1.82, 2.24) is 5.32 Å². The first-order valence-electron chi connectivity index (χ1n) is 7.31. The number of carbonyl (C=O) groups excluding carboxylic acids is 3. The molecule has 7 nitrogen and oxygen atoms in total. The van der Waals surface area contributed by atoms with Gasteiger partial charge in [-0.2, -0.15) is 5.26 Å². The van der Waals surface area contributed by atoms with Crippen LogP contribution in [0.25, 0.3) is 0 Å². The van der Waals surface area contributed by atoms with Gasteiger partial charge in [-0.3, -0.25) is 9.59 Å². The van der Waals surface area contributed by atoms with Crippen LogP contribution in [-0.4, -0.2) is 24.4 Å². The van der Waals surface area contributed by atoms with E-state index in [0.29, 0.717) is 12.2 Å². The topological polar surface area (TPSA) is 108 Å². The standard InChI is InChI=1S/C17H15N3O4S/c18-8-7-15(21)20-13-5-3-12(4-6-13)17(23)24-11-16(22)19-10-14-2-1-9-25-14/h1-6,9H,7,10-11H2,(H,19,22)(H,20,21). The SMILES string of the molecule is N#CCC(=O)Nc1ccc(C(=O)OCC(=O)NCc2cccs2)cc1. The number of hydrogen-bond acceptors (Lipinski definition) is 6. The molecule has 0 unspecified atom stereocenters. The Kier molecular flexibility index (Phi) is 6.68. The molecular formula is C17H15N3O4S. The number of carbonyl (C=O) groups is 3. The number of nitriles is 1. The summed E-state index contributed by atoms with van der Waals surface area (Å²) in [5, 5.41) is 15.5. The van der Waals surface area contributed by atoms with Crippen molar-refractivity contribution >= 4 is 34.8 Å². The Hall–Kier alpha value is -3.18. The number of rotatable bonds is 7. The van der Waals surface area contributed by atoms with Crippen LogP contribution < -0.4 is 10.6 Å². The highest BCUT2D eigenvalue weighted by atomic mass is 32.1. The summed E-state index contributed by atoms with van der Waals surface area (Å²) in [4.78, 5) is 35.8. The van der Waals surface area contributed by atoms with Crippen LogP contribution >= 0.6 is 11.3 Å². The fourth-order valence-corrected chi connectivity index (χ4v) is 2.48. The van der Waals surface area contributed by atoms with Crippen LogP contribution in [0.2, 0.25) is 0 Å². The highest BCUT2D eigenvalue weighted by molar-refractivity contribution is 7.09. The number of ether oxygens (including phenoxy) is 1. The molecule has 0 bridgehead atoms. The molecule has 128 valence electrons. The molecular weight excluding hydrogens is 342 g/mol. The van der Waals surface area contributed by atoms with Gasteiger partial charge < -0.3 is 15.4 Å². The van der Waals surface area contributed by atoms with Crippen molar-refractivity contribution in [1.29, 1.82) is 5.26 Å². The van der Waals surface area contributed by atoms with E-state index in [0.717, 1.165) is 4.88 Å². The smallest absolute Gasteiger partial charge is 0.338 e. The molecule has 2 N–H and O–H groups in total. The van der Waals surface area contributed by atoms with Crippen molar-refractivity contribution in [2.24, 2.45) is 0 Å². The lowest BCUT2D eigenvalue weighted by atomic mass is 10.2. The molecule has 0 radical (unpaired) electrons. The quantitative estimate of drug-likeness (QED) is 0.738. The van der Waals surface area contributed by atoms with Gasteiger partial charge in [0.05, 0.1) is 18.2 Å². The van der Waals surface area contributed by atoms with E-state index < -0.39 is 11.9 Å². The summed E-state index contributed by atoms with van der Waals surface area (Å²) in [6.07, 6.45) is -0.246. The lowest BCUT2D eigenvalue weighted by molar-refractivity contribution is -0.124. The van der Waals surface area contributed by atoms with Gasteiger partial charge in [0.15, 0.2) is 6.61 Å². The summed E-state index contributed by atoms with van der Waals surface area (Å²) in [6, 6.07) is 11.5. The van der Waals surface area contributed by atoms with Gasteiger partial charge in [0, 0.05) is 10.6 Å². The average molecular weight is 357 g/mol. The number of benzene rings is 1. The molecule has 1 heterocycles. The van der Waals surface area contributed by atoms with Crippen molar-refractivity contribution in [3.8, 4) is 6.07 Å². The van der Waals surface area contributed by atoms with Gasteiger partial charge in [0.2, 0.25) is 5.91 Å². The van der Waals surface area contributed by atoms with E-state index in [9.17, 15) is 14.4 Å². The molecule has 0 aliphatic carbocycles. The van der Waals surface area contributed by atoms with Crippen LogP contribution in [-0.2, 0) is 20.9 Å². The van der Waals surface area contributed by atoms with Crippen molar-refractivity contribution in [3.63, 3.8) is 0 Å². The summed E-state index contributed by atoms with van der Waals surface area (Å²) in [6.45, 7) is 0.0238. The maximum atomic E-state index is 11.9. The average Bonchev–Trinajstić information content (AvgIpc) is 3.12. The Balaban J connectivity index is 1.77. The minimum absolute atomic E-state index is 0.246. The zero-order valence-electron chi connectivity index (χ0n) is 13.2. The minimum Gasteiger partial charge on any atom is -0.452 e. The van der Waals surface area contributed by atoms with E-state index in [1.807, 2.05) is 17.5 Å². The van der Waals surface area contributed by atoms with Crippen molar-refractivity contribution < 1.29 is 19.1 Å². The van der Waals surface area contributed by atoms with Gasteiger partial charge in [-0.1, -0.05) is 6.07 Å². The fourth-order valence-electron chi connectivity index (χ4n) is 1.83. The number of thiophene rings is 1. The third-order valence-corrected chi connectivity index (χ3v) is 3.89. The van der Waals surface area contributed by atoms with E-state index in [2.05, 4.69) is 10.6 Å². The molecule has 2 amide bonds. The van der Waals surface area contributed by atoms with E-state index in [1.54, 1.807) is 6.07 Å². The molecule has 0 aliphatic heterocycles. The Bertz CT molecular complexity index is 779. The van der Waals surface area contributed by atoms with Gasteiger partial charge in [-0.05, 0) is 35.7 Å². The van der Waals surface area contributed by atoms with E-state index >= 15 is 0 Å².